The Balaban J connectivity index is 0.00000288. The monoisotopic (exact) mass is 388 g/mol. The molecule has 1 aliphatic heterocycles. The van der Waals surface area contributed by atoms with Crippen LogP contribution in [-0.4, -0.2) is 38.5 Å². The van der Waals surface area contributed by atoms with Gasteiger partial charge in [0.05, 0.1) is 4.90 Å². The van der Waals surface area contributed by atoms with Gasteiger partial charge in [-0.3, -0.25) is 0 Å². The fourth-order valence-corrected chi connectivity index (χ4v) is 4.15. The van der Waals surface area contributed by atoms with Gasteiger partial charge in [-0.05, 0) is 30.0 Å². The molecule has 0 bridgehead atoms. The summed E-state index contributed by atoms with van der Waals surface area (Å²) in [6, 6.07) is 2.49. The zero-order valence-electron chi connectivity index (χ0n) is 13.2. The van der Waals surface area contributed by atoms with E-state index < -0.39 is 33.6 Å². The van der Waals surface area contributed by atoms with E-state index >= 15 is 0 Å². The first-order chi connectivity index (χ1) is 10.5. The van der Waals surface area contributed by atoms with Crippen LogP contribution in [-0.2, 0) is 10.0 Å². The number of rotatable bonds is 4. The highest BCUT2D eigenvalue weighted by Crippen LogP contribution is 2.32. The summed E-state index contributed by atoms with van der Waals surface area (Å²) in [7, 11) is -3.93. The van der Waals surface area contributed by atoms with Gasteiger partial charge in [0, 0.05) is 19.1 Å². The molecule has 1 atom stereocenters. The third kappa shape index (κ3) is 4.33. The fraction of sp³-hybridized carbons (Fsp3) is 0.571. The minimum absolute atomic E-state index is 0. The summed E-state index contributed by atoms with van der Waals surface area (Å²) in [4.78, 5) is -0.303. The Labute approximate surface area is 145 Å². The fourth-order valence-electron chi connectivity index (χ4n) is 2.51. The highest BCUT2D eigenvalue weighted by molar-refractivity contribution is 7.89. The normalized spacial score (nSPS) is 21.4. The Hall–Kier alpha value is -1.03. The number of alkyl halides is 2. The van der Waals surface area contributed by atoms with Gasteiger partial charge < -0.3 is 10.5 Å². The number of halogens is 4. The Morgan fingerprint density at radius 3 is 2.50 bits per heavy atom. The molecule has 1 aliphatic rings. The number of benzene rings is 1. The Morgan fingerprint density at radius 2 is 2.00 bits per heavy atom. The summed E-state index contributed by atoms with van der Waals surface area (Å²) < 4.78 is 68.4. The third-order valence-electron chi connectivity index (χ3n) is 4.03. The topological polar surface area (TPSA) is 72.6 Å². The van der Waals surface area contributed by atoms with Gasteiger partial charge >= 0.3 is 6.61 Å². The lowest BCUT2D eigenvalue weighted by Gasteiger charge is -2.41. The van der Waals surface area contributed by atoms with Crippen LogP contribution in [0.3, 0.4) is 0 Å². The highest BCUT2D eigenvalue weighted by Gasteiger charge is 2.39. The molecule has 1 aromatic rings. The second-order valence-electron chi connectivity index (χ2n) is 6.19. The van der Waals surface area contributed by atoms with Crippen molar-refractivity contribution in [3.05, 3.63) is 24.0 Å². The molecular weight excluding hydrogens is 369 g/mol. The number of hydrogen-bond acceptors (Lipinski definition) is 4. The maximum atomic E-state index is 13.8. The first-order valence-corrected chi connectivity index (χ1v) is 8.48. The van der Waals surface area contributed by atoms with Crippen LogP contribution in [0.15, 0.2) is 23.1 Å². The molecule has 1 heterocycles. The van der Waals surface area contributed by atoms with E-state index in [9.17, 15) is 21.6 Å². The van der Waals surface area contributed by atoms with E-state index in [2.05, 4.69) is 4.74 Å². The molecule has 1 unspecified atom stereocenters. The van der Waals surface area contributed by atoms with Gasteiger partial charge in [0.25, 0.3) is 0 Å². The third-order valence-corrected chi connectivity index (χ3v) is 5.88. The number of hydrogen-bond donors (Lipinski definition) is 1. The number of nitrogens with two attached hydrogens (primary N) is 1. The standard InChI is InChI=1S/C14H19F3N2O3S.ClH/c1-14(2)8-19(6-5-12(14)18)23(20,21)9-3-4-11(10(15)7-9)22-13(16)17;/h3-4,7,12-13H,5-6,8,18H2,1-2H3;1H. The van der Waals surface area contributed by atoms with E-state index in [0.717, 1.165) is 12.1 Å². The van der Waals surface area contributed by atoms with Crippen molar-refractivity contribution in [3.8, 4) is 5.75 Å². The van der Waals surface area contributed by atoms with Crippen LogP contribution in [0.2, 0.25) is 0 Å². The van der Waals surface area contributed by atoms with E-state index in [1.807, 2.05) is 13.8 Å². The van der Waals surface area contributed by atoms with Crippen molar-refractivity contribution < 1.29 is 26.3 Å². The molecule has 0 amide bonds. The number of piperidine rings is 1. The van der Waals surface area contributed by atoms with Crippen LogP contribution < -0.4 is 10.5 Å². The molecule has 0 saturated carbocycles. The number of sulfonamides is 1. The van der Waals surface area contributed by atoms with Crippen molar-refractivity contribution in [2.24, 2.45) is 11.1 Å². The molecule has 0 radical (unpaired) electrons. The van der Waals surface area contributed by atoms with Gasteiger partial charge in [-0.1, -0.05) is 13.8 Å². The van der Waals surface area contributed by atoms with Crippen molar-refractivity contribution in [1.82, 2.24) is 4.31 Å². The van der Waals surface area contributed by atoms with Gasteiger partial charge in [0.15, 0.2) is 11.6 Å². The maximum absolute atomic E-state index is 13.8. The molecular formula is C14H20ClF3N2O3S. The average molecular weight is 389 g/mol. The van der Waals surface area contributed by atoms with Crippen LogP contribution in [0.1, 0.15) is 20.3 Å². The summed E-state index contributed by atoms with van der Waals surface area (Å²) in [5.74, 6) is -1.85. The van der Waals surface area contributed by atoms with Crippen molar-refractivity contribution in [2.45, 2.75) is 37.8 Å². The van der Waals surface area contributed by atoms with E-state index in [4.69, 9.17) is 5.73 Å². The largest absolute Gasteiger partial charge is 0.432 e. The van der Waals surface area contributed by atoms with Crippen molar-refractivity contribution in [3.63, 3.8) is 0 Å². The summed E-state index contributed by atoms with van der Waals surface area (Å²) >= 11 is 0. The van der Waals surface area contributed by atoms with Crippen molar-refractivity contribution >= 4 is 22.4 Å². The highest BCUT2D eigenvalue weighted by atomic mass is 35.5. The molecule has 10 heteroatoms. The van der Waals surface area contributed by atoms with E-state index in [1.54, 1.807) is 0 Å². The molecule has 0 aliphatic carbocycles. The SMILES string of the molecule is CC1(C)CN(S(=O)(=O)c2ccc(OC(F)F)c(F)c2)CCC1N.Cl. The lowest BCUT2D eigenvalue weighted by molar-refractivity contribution is -0.0522. The van der Waals surface area contributed by atoms with Gasteiger partial charge in [0.2, 0.25) is 10.0 Å². The minimum atomic E-state index is -3.93. The van der Waals surface area contributed by atoms with Crippen molar-refractivity contribution in [1.29, 1.82) is 0 Å². The Morgan fingerprint density at radius 1 is 1.38 bits per heavy atom. The zero-order chi connectivity index (χ0) is 17.4. The zero-order valence-corrected chi connectivity index (χ0v) is 14.8. The smallest absolute Gasteiger partial charge is 0.387 e. The maximum Gasteiger partial charge on any atom is 0.387 e. The summed E-state index contributed by atoms with van der Waals surface area (Å²) in [5, 5.41) is 0. The second-order valence-corrected chi connectivity index (χ2v) is 8.13. The predicted molar refractivity (Wildman–Crippen MR) is 85.4 cm³/mol. The predicted octanol–water partition coefficient (Wildman–Crippen LogP) is 2.60. The van der Waals surface area contributed by atoms with Gasteiger partial charge in [0.1, 0.15) is 0 Å². The molecule has 1 fully saturated rings. The molecule has 2 rings (SSSR count). The quantitative estimate of drug-likeness (QED) is 0.860. The van der Waals surface area contributed by atoms with E-state index in [0.29, 0.717) is 12.5 Å². The number of nitrogens with zero attached hydrogens (tertiary/aromatic N) is 1. The molecule has 138 valence electrons. The van der Waals surface area contributed by atoms with Crippen LogP contribution in [0.5, 0.6) is 5.75 Å². The molecule has 0 aromatic heterocycles. The summed E-state index contributed by atoms with van der Waals surface area (Å²) in [6.07, 6.45) is 0.487. The van der Waals surface area contributed by atoms with Crippen molar-refractivity contribution in [2.75, 3.05) is 13.1 Å². The van der Waals surface area contributed by atoms with Crippen LogP contribution in [0, 0.1) is 11.2 Å². The molecule has 1 saturated heterocycles. The molecule has 2 N–H and O–H groups in total. The number of ether oxygens (including phenoxy) is 1. The van der Waals surface area contributed by atoms with Gasteiger partial charge in [-0.25, -0.2) is 12.8 Å². The summed E-state index contributed by atoms with van der Waals surface area (Å²) in [6.45, 7) is 0.965. The minimum Gasteiger partial charge on any atom is -0.432 e. The van der Waals surface area contributed by atoms with Gasteiger partial charge in [-0.15, -0.1) is 12.4 Å². The Bertz CT molecular complexity index is 686. The van der Waals surface area contributed by atoms with E-state index in [1.165, 1.54) is 4.31 Å². The molecule has 24 heavy (non-hydrogen) atoms. The molecule has 0 spiro atoms. The van der Waals surface area contributed by atoms with Crippen LogP contribution in [0.25, 0.3) is 0 Å². The lowest BCUT2D eigenvalue weighted by Crippen LogP contribution is -2.53. The average Bonchev–Trinajstić information content (AvgIpc) is 2.43. The van der Waals surface area contributed by atoms with Crippen LogP contribution in [0.4, 0.5) is 13.2 Å². The first kappa shape index (κ1) is 21.0. The first-order valence-electron chi connectivity index (χ1n) is 7.04. The van der Waals surface area contributed by atoms with Crippen LogP contribution >= 0.6 is 12.4 Å². The lowest BCUT2D eigenvalue weighted by atomic mass is 9.81. The summed E-state index contributed by atoms with van der Waals surface area (Å²) in [5.41, 5.74) is 5.56. The van der Waals surface area contributed by atoms with E-state index in [-0.39, 0.29) is 36.4 Å². The van der Waals surface area contributed by atoms with Gasteiger partial charge in [-0.2, -0.15) is 13.1 Å². The molecule has 1 aromatic carbocycles. The second kappa shape index (κ2) is 7.47. The molecule has 5 nitrogen and oxygen atoms in total. The Kier molecular flexibility index (Phi) is 6.54.